The summed E-state index contributed by atoms with van der Waals surface area (Å²) in [5.41, 5.74) is -4.48. The van der Waals surface area contributed by atoms with Crippen LogP contribution in [0.3, 0.4) is 0 Å². The summed E-state index contributed by atoms with van der Waals surface area (Å²) in [5.74, 6) is -3.73. The van der Waals surface area contributed by atoms with Crippen LogP contribution < -0.4 is 0 Å². The Morgan fingerprint density at radius 3 is 2.31 bits per heavy atom. The van der Waals surface area contributed by atoms with Crippen LogP contribution in [0.5, 0.6) is 0 Å². The standard InChI is InChI=1S/C42H70O12/c1-9-29(43)21-31-26(2)15-20-41(51-31)23-32-28(4)33(52-41)24-42-40(54-42,25-37(5,6)53-42)18-14-12-10-11-13-17-38(7,48)34(45)22-30(44)27(3)36(47)39(8,49)19-16-35(46)50-32/h14,16,18-19,26-34,36,43-45,47-49H,9-13,15,17,20-25H2,1-8H3. The third-order valence-electron chi connectivity index (χ3n) is 13.2. The first-order chi connectivity index (χ1) is 25.1. The predicted molar refractivity (Wildman–Crippen MR) is 201 cm³/mol. The average Bonchev–Trinajstić information content (AvgIpc) is 3.59. The van der Waals surface area contributed by atoms with Crippen molar-refractivity contribution in [1.29, 1.82) is 0 Å². The number of allylic oxidation sites excluding steroid dienone is 1. The number of aliphatic hydroxyl groups excluding tert-OH is 4. The van der Waals surface area contributed by atoms with E-state index in [2.05, 4.69) is 32.9 Å². The molecule has 0 aromatic carbocycles. The van der Waals surface area contributed by atoms with Gasteiger partial charge in [-0.15, -0.1) is 0 Å². The fourth-order valence-electron chi connectivity index (χ4n) is 9.30. The second-order valence-electron chi connectivity index (χ2n) is 18.6. The van der Waals surface area contributed by atoms with E-state index in [9.17, 15) is 35.4 Å². The molecule has 15 atom stereocenters. The van der Waals surface area contributed by atoms with E-state index in [1.165, 1.54) is 13.0 Å². The fourth-order valence-corrected chi connectivity index (χ4v) is 9.30. The normalized spacial score (nSPS) is 48.6. The number of fused-ring (bicyclic) bond motifs is 2. The van der Waals surface area contributed by atoms with Crippen LogP contribution in [0.4, 0.5) is 0 Å². The molecule has 0 aromatic rings. The highest BCUT2D eigenvalue weighted by molar-refractivity contribution is 5.82. The van der Waals surface area contributed by atoms with Crippen molar-refractivity contribution >= 4 is 5.97 Å². The van der Waals surface area contributed by atoms with E-state index in [4.69, 9.17) is 23.7 Å². The van der Waals surface area contributed by atoms with Crippen LogP contribution in [0, 0.1) is 17.8 Å². The number of rotatable bonds is 3. The summed E-state index contributed by atoms with van der Waals surface area (Å²) < 4.78 is 33.1. The van der Waals surface area contributed by atoms with Gasteiger partial charge in [-0.3, -0.25) is 0 Å². The topological polar surface area (TPSA) is 188 Å². The summed E-state index contributed by atoms with van der Waals surface area (Å²) in [6, 6.07) is 0. The van der Waals surface area contributed by atoms with Gasteiger partial charge in [-0.25, -0.2) is 4.79 Å². The molecule has 1 spiro atoms. The highest BCUT2D eigenvalue weighted by Crippen LogP contribution is 2.65. The van der Waals surface area contributed by atoms with Gasteiger partial charge in [0.15, 0.2) is 5.79 Å². The summed E-state index contributed by atoms with van der Waals surface area (Å²) in [5, 5.41) is 65.8. The zero-order valence-electron chi connectivity index (χ0n) is 33.9. The smallest absolute Gasteiger partial charge is 0.330 e. The van der Waals surface area contributed by atoms with Crippen molar-refractivity contribution in [1.82, 2.24) is 0 Å². The van der Waals surface area contributed by atoms with Gasteiger partial charge in [0.2, 0.25) is 5.79 Å². The van der Waals surface area contributed by atoms with Crippen LogP contribution >= 0.6 is 0 Å². The largest absolute Gasteiger partial charge is 0.459 e. The molecule has 0 amide bonds. The molecule has 0 aromatic heterocycles. The Morgan fingerprint density at radius 1 is 0.889 bits per heavy atom. The van der Waals surface area contributed by atoms with Gasteiger partial charge in [-0.05, 0) is 78.2 Å². The van der Waals surface area contributed by atoms with Gasteiger partial charge < -0.3 is 54.3 Å². The second kappa shape index (κ2) is 16.4. The molecular formula is C42H70O12. The Balaban J connectivity index is 1.44. The van der Waals surface area contributed by atoms with Crippen molar-refractivity contribution < 1.29 is 59.1 Å². The number of esters is 1. The van der Waals surface area contributed by atoms with Crippen LogP contribution in [0.1, 0.15) is 139 Å². The summed E-state index contributed by atoms with van der Waals surface area (Å²) >= 11 is 0. The maximum atomic E-state index is 13.5. The van der Waals surface area contributed by atoms with Crippen molar-refractivity contribution in [3.63, 3.8) is 0 Å². The quantitative estimate of drug-likeness (QED) is 0.132. The molecule has 2 bridgehead atoms. The van der Waals surface area contributed by atoms with Crippen molar-refractivity contribution in [3.05, 3.63) is 24.3 Å². The van der Waals surface area contributed by atoms with Crippen LogP contribution in [0.2, 0.25) is 0 Å². The Bertz CT molecular complexity index is 1350. The van der Waals surface area contributed by atoms with Crippen molar-refractivity contribution in [2.45, 2.75) is 216 Å². The van der Waals surface area contributed by atoms with E-state index in [0.717, 1.165) is 31.8 Å². The first kappa shape index (κ1) is 43.7. The van der Waals surface area contributed by atoms with Crippen LogP contribution in [0.15, 0.2) is 24.3 Å². The minimum absolute atomic E-state index is 0.198. The zero-order chi connectivity index (χ0) is 39.9. The molecule has 6 N–H and O–H groups in total. The van der Waals surface area contributed by atoms with E-state index in [1.54, 1.807) is 13.8 Å². The molecule has 15 unspecified atom stereocenters. The number of hydrogen-bond acceptors (Lipinski definition) is 12. The first-order valence-electron chi connectivity index (χ1n) is 20.6. The molecule has 12 heteroatoms. The molecular weight excluding hydrogens is 696 g/mol. The Morgan fingerprint density at radius 2 is 1.61 bits per heavy atom. The zero-order valence-corrected chi connectivity index (χ0v) is 33.9. The average molecular weight is 767 g/mol. The molecule has 5 heterocycles. The highest BCUT2D eigenvalue weighted by Gasteiger charge is 2.78. The monoisotopic (exact) mass is 766 g/mol. The molecule has 5 aliphatic heterocycles. The number of carbonyl (C=O) groups excluding carboxylic acids is 1. The SMILES string of the molecule is CCC(O)CC1OC2(CCC1C)CC1OC(=O)C=CC(C)(O)C(O)C(C)C(O)CC(O)C(C)(O)CCCCCC=CC34CC(C)(C)OC3(CC(O2)C1C)O4. The molecule has 0 radical (unpaired) electrons. The van der Waals surface area contributed by atoms with E-state index >= 15 is 0 Å². The highest BCUT2D eigenvalue weighted by atomic mass is 16.8. The molecule has 0 aliphatic carbocycles. The van der Waals surface area contributed by atoms with Crippen molar-refractivity contribution in [3.8, 4) is 0 Å². The summed E-state index contributed by atoms with van der Waals surface area (Å²) in [4.78, 5) is 13.5. The number of hydrogen-bond donors (Lipinski definition) is 6. The van der Waals surface area contributed by atoms with Gasteiger partial charge in [0, 0.05) is 50.0 Å². The molecule has 5 rings (SSSR count). The van der Waals surface area contributed by atoms with Crippen molar-refractivity contribution in [2.75, 3.05) is 0 Å². The first-order valence-corrected chi connectivity index (χ1v) is 20.6. The fraction of sp³-hybridized carbons (Fsp3) is 0.881. The van der Waals surface area contributed by atoms with Gasteiger partial charge in [0.1, 0.15) is 17.3 Å². The number of aliphatic hydroxyl groups is 6. The van der Waals surface area contributed by atoms with Gasteiger partial charge in [-0.2, -0.15) is 0 Å². The summed E-state index contributed by atoms with van der Waals surface area (Å²) in [7, 11) is 0. The number of ether oxygens (including phenoxy) is 5. The second-order valence-corrected chi connectivity index (χ2v) is 18.6. The van der Waals surface area contributed by atoms with Crippen LogP contribution in [-0.2, 0) is 28.5 Å². The van der Waals surface area contributed by atoms with E-state index in [1.807, 2.05) is 13.8 Å². The van der Waals surface area contributed by atoms with E-state index in [-0.39, 0.29) is 30.8 Å². The lowest BCUT2D eigenvalue weighted by atomic mass is 9.79. The molecule has 4 saturated heterocycles. The molecule has 0 saturated carbocycles. The number of epoxide rings is 1. The molecule has 54 heavy (non-hydrogen) atoms. The minimum atomic E-state index is -1.94. The maximum Gasteiger partial charge on any atom is 0.330 e. The predicted octanol–water partition coefficient (Wildman–Crippen LogP) is 4.74. The molecule has 5 aliphatic rings. The van der Waals surface area contributed by atoms with Gasteiger partial charge in [0.05, 0.1) is 47.8 Å². The Labute approximate surface area is 322 Å². The Kier molecular flexibility index (Phi) is 13.3. The van der Waals surface area contributed by atoms with E-state index in [0.29, 0.717) is 44.9 Å². The lowest BCUT2D eigenvalue weighted by Gasteiger charge is -2.52. The van der Waals surface area contributed by atoms with Crippen LogP contribution in [0.25, 0.3) is 0 Å². The van der Waals surface area contributed by atoms with E-state index < -0.39 is 82.5 Å². The van der Waals surface area contributed by atoms with Crippen LogP contribution in [-0.4, -0.2) is 113 Å². The summed E-state index contributed by atoms with van der Waals surface area (Å²) in [6.07, 6.45) is 7.66. The molecule has 12 nitrogen and oxygen atoms in total. The van der Waals surface area contributed by atoms with Crippen molar-refractivity contribution in [2.24, 2.45) is 17.8 Å². The lowest BCUT2D eigenvalue weighted by molar-refractivity contribution is -0.351. The maximum absolute atomic E-state index is 13.5. The molecule has 310 valence electrons. The third kappa shape index (κ3) is 9.63. The lowest BCUT2D eigenvalue weighted by Crippen LogP contribution is -2.58. The Hall–Kier alpha value is -1.45. The summed E-state index contributed by atoms with van der Waals surface area (Å²) in [6.45, 7) is 14.6. The van der Waals surface area contributed by atoms with Gasteiger partial charge in [-0.1, -0.05) is 52.7 Å². The van der Waals surface area contributed by atoms with Gasteiger partial charge in [0.25, 0.3) is 0 Å². The molecule has 4 fully saturated rings. The van der Waals surface area contributed by atoms with Gasteiger partial charge >= 0.3 is 5.97 Å². The number of carbonyl (C=O) groups is 1. The minimum Gasteiger partial charge on any atom is -0.459 e. The third-order valence-corrected chi connectivity index (χ3v) is 13.2.